The molecule has 7 heteroatoms. The number of fused-ring (bicyclic) bond motifs is 1. The van der Waals surface area contributed by atoms with E-state index < -0.39 is 11.7 Å². The number of amides is 2. The molecule has 0 aliphatic carbocycles. The molecule has 2 aliphatic heterocycles. The van der Waals surface area contributed by atoms with Crippen LogP contribution in [0.25, 0.3) is 0 Å². The van der Waals surface area contributed by atoms with Crippen LogP contribution in [0, 0.1) is 0 Å². The molecule has 0 unspecified atom stereocenters. The summed E-state index contributed by atoms with van der Waals surface area (Å²) < 4.78 is 16.4. The molecular weight excluding hydrogens is 312 g/mol. The molecule has 1 aromatic rings. The monoisotopic (exact) mass is 334 g/mol. The fraction of sp³-hybridized carbons (Fsp3) is 0.529. The molecule has 24 heavy (non-hydrogen) atoms. The number of alkyl carbamates (subject to hydrolysis) is 1. The topological polar surface area (TPSA) is 85.9 Å². The third kappa shape index (κ3) is 3.72. The maximum Gasteiger partial charge on any atom is 0.407 e. The van der Waals surface area contributed by atoms with Crippen molar-refractivity contribution in [3.05, 3.63) is 23.8 Å². The Bertz CT molecular complexity index is 653. The molecule has 7 nitrogen and oxygen atoms in total. The van der Waals surface area contributed by atoms with Crippen molar-refractivity contribution in [3.8, 4) is 11.5 Å². The molecule has 130 valence electrons. The van der Waals surface area contributed by atoms with E-state index in [2.05, 4.69) is 10.6 Å². The second-order valence-corrected chi connectivity index (χ2v) is 6.91. The largest absolute Gasteiger partial charge is 0.486 e. The van der Waals surface area contributed by atoms with E-state index in [0.717, 1.165) is 5.56 Å². The zero-order valence-electron chi connectivity index (χ0n) is 14.0. The molecule has 2 aliphatic rings. The standard InChI is InChI=1S/C17H22N2O5/c1-17(2,3)24-16(21)18-11-9-14(20)19-15(11)10-4-5-12-13(8-10)23-7-6-22-12/h4-5,8,11,15H,6-7,9H2,1-3H3,(H,18,21)(H,19,20)/t11-,15-/m0/s1. The van der Waals surface area contributed by atoms with E-state index in [0.29, 0.717) is 24.7 Å². The fourth-order valence-electron chi connectivity index (χ4n) is 2.81. The highest BCUT2D eigenvalue weighted by atomic mass is 16.6. The number of carbonyl (C=O) groups is 2. The second kappa shape index (κ2) is 6.22. The average Bonchev–Trinajstić information content (AvgIpc) is 2.85. The van der Waals surface area contributed by atoms with Gasteiger partial charge in [0, 0.05) is 6.42 Å². The zero-order chi connectivity index (χ0) is 17.3. The Labute approximate surface area is 140 Å². The van der Waals surface area contributed by atoms with Crippen molar-refractivity contribution in [2.45, 2.75) is 44.9 Å². The summed E-state index contributed by atoms with van der Waals surface area (Å²) in [5.41, 5.74) is 0.262. The average molecular weight is 334 g/mol. The zero-order valence-corrected chi connectivity index (χ0v) is 14.0. The van der Waals surface area contributed by atoms with Crippen molar-refractivity contribution in [2.75, 3.05) is 13.2 Å². The minimum Gasteiger partial charge on any atom is -0.486 e. The molecule has 1 aromatic carbocycles. The van der Waals surface area contributed by atoms with Gasteiger partial charge in [0.1, 0.15) is 18.8 Å². The van der Waals surface area contributed by atoms with Crippen LogP contribution in [0.3, 0.4) is 0 Å². The van der Waals surface area contributed by atoms with E-state index in [4.69, 9.17) is 14.2 Å². The van der Waals surface area contributed by atoms with Gasteiger partial charge in [-0.3, -0.25) is 4.79 Å². The number of ether oxygens (including phenoxy) is 3. The van der Waals surface area contributed by atoms with Crippen molar-refractivity contribution < 1.29 is 23.8 Å². The SMILES string of the molecule is CC(C)(C)OC(=O)N[C@H]1CC(=O)N[C@H]1c1ccc2c(c1)OCCO2. The Kier molecular flexibility index (Phi) is 4.26. The summed E-state index contributed by atoms with van der Waals surface area (Å²) in [5, 5.41) is 5.67. The number of hydrogen-bond acceptors (Lipinski definition) is 5. The van der Waals surface area contributed by atoms with E-state index in [1.807, 2.05) is 18.2 Å². The van der Waals surface area contributed by atoms with E-state index in [9.17, 15) is 9.59 Å². The van der Waals surface area contributed by atoms with Crippen LogP contribution in [0.15, 0.2) is 18.2 Å². The van der Waals surface area contributed by atoms with E-state index in [1.165, 1.54) is 0 Å². The second-order valence-electron chi connectivity index (χ2n) is 6.91. The van der Waals surface area contributed by atoms with E-state index in [1.54, 1.807) is 20.8 Å². The van der Waals surface area contributed by atoms with Crippen molar-refractivity contribution in [1.29, 1.82) is 0 Å². The maximum atomic E-state index is 12.0. The number of hydrogen-bond donors (Lipinski definition) is 2. The Morgan fingerprint density at radius 3 is 2.67 bits per heavy atom. The lowest BCUT2D eigenvalue weighted by Gasteiger charge is -2.25. The van der Waals surface area contributed by atoms with Crippen LogP contribution in [-0.4, -0.2) is 36.9 Å². The summed E-state index contributed by atoms with van der Waals surface area (Å²) >= 11 is 0. The molecule has 0 saturated carbocycles. The van der Waals surface area contributed by atoms with Crippen molar-refractivity contribution >= 4 is 12.0 Å². The third-order valence-corrected chi connectivity index (χ3v) is 3.75. The van der Waals surface area contributed by atoms with Gasteiger partial charge in [0.2, 0.25) is 5.91 Å². The van der Waals surface area contributed by atoms with Gasteiger partial charge < -0.3 is 24.8 Å². The number of nitrogens with one attached hydrogen (secondary N) is 2. The quantitative estimate of drug-likeness (QED) is 0.863. The van der Waals surface area contributed by atoms with Gasteiger partial charge in [-0.25, -0.2) is 4.79 Å². The van der Waals surface area contributed by atoms with E-state index in [-0.39, 0.29) is 24.4 Å². The first kappa shape index (κ1) is 16.4. The molecule has 3 rings (SSSR count). The maximum absolute atomic E-state index is 12.0. The van der Waals surface area contributed by atoms with Crippen molar-refractivity contribution in [1.82, 2.24) is 10.6 Å². The Hall–Kier alpha value is -2.44. The molecule has 2 atom stereocenters. The highest BCUT2D eigenvalue weighted by molar-refractivity contribution is 5.81. The van der Waals surface area contributed by atoms with Crippen molar-refractivity contribution in [2.24, 2.45) is 0 Å². The van der Waals surface area contributed by atoms with Gasteiger partial charge >= 0.3 is 6.09 Å². The Balaban J connectivity index is 1.75. The molecule has 1 fully saturated rings. The highest BCUT2D eigenvalue weighted by Gasteiger charge is 2.36. The summed E-state index contributed by atoms with van der Waals surface area (Å²) in [6, 6.07) is 4.82. The minimum absolute atomic E-state index is 0.115. The summed E-state index contributed by atoms with van der Waals surface area (Å²) in [6.45, 7) is 6.40. The van der Waals surface area contributed by atoms with Gasteiger partial charge in [-0.2, -0.15) is 0 Å². The summed E-state index contributed by atoms with van der Waals surface area (Å²) in [7, 11) is 0. The molecule has 1 saturated heterocycles. The first-order valence-corrected chi connectivity index (χ1v) is 8.00. The molecule has 0 spiro atoms. The van der Waals surface area contributed by atoms with Gasteiger partial charge in [0.05, 0.1) is 12.1 Å². The van der Waals surface area contributed by atoms with Crippen LogP contribution >= 0.6 is 0 Å². The van der Waals surface area contributed by atoms with Gasteiger partial charge in [0.25, 0.3) is 0 Å². The first-order valence-electron chi connectivity index (χ1n) is 8.00. The van der Waals surface area contributed by atoms with Crippen LogP contribution in [0.4, 0.5) is 4.79 Å². The van der Waals surface area contributed by atoms with Crippen LogP contribution < -0.4 is 20.1 Å². The lowest BCUT2D eigenvalue weighted by molar-refractivity contribution is -0.119. The smallest absolute Gasteiger partial charge is 0.407 e. The summed E-state index contributed by atoms with van der Waals surface area (Å²) in [6.07, 6.45) is -0.329. The number of carbonyl (C=O) groups excluding carboxylic acids is 2. The Morgan fingerprint density at radius 2 is 1.96 bits per heavy atom. The van der Waals surface area contributed by atoms with Gasteiger partial charge in [-0.1, -0.05) is 6.07 Å². The van der Waals surface area contributed by atoms with Gasteiger partial charge in [-0.05, 0) is 38.5 Å². The summed E-state index contributed by atoms with van der Waals surface area (Å²) in [4.78, 5) is 23.8. The molecule has 0 radical (unpaired) electrons. The first-order chi connectivity index (χ1) is 11.3. The normalized spacial score (nSPS) is 22.7. The minimum atomic E-state index is -0.591. The predicted octanol–water partition coefficient (Wildman–Crippen LogP) is 1.91. The molecular formula is C17H22N2O5. The van der Waals surface area contributed by atoms with Gasteiger partial charge in [0.15, 0.2) is 11.5 Å². The molecule has 2 heterocycles. The molecule has 0 aromatic heterocycles. The van der Waals surface area contributed by atoms with Crippen molar-refractivity contribution in [3.63, 3.8) is 0 Å². The number of benzene rings is 1. The number of rotatable bonds is 2. The van der Waals surface area contributed by atoms with Crippen LogP contribution in [-0.2, 0) is 9.53 Å². The Morgan fingerprint density at radius 1 is 1.25 bits per heavy atom. The lowest BCUT2D eigenvalue weighted by atomic mass is 10.0. The fourth-order valence-corrected chi connectivity index (χ4v) is 2.81. The lowest BCUT2D eigenvalue weighted by Crippen LogP contribution is -2.41. The van der Waals surface area contributed by atoms with Crippen LogP contribution in [0.5, 0.6) is 11.5 Å². The third-order valence-electron chi connectivity index (χ3n) is 3.75. The molecule has 2 N–H and O–H groups in total. The highest BCUT2D eigenvalue weighted by Crippen LogP contribution is 2.35. The predicted molar refractivity (Wildman–Crippen MR) is 86.1 cm³/mol. The van der Waals surface area contributed by atoms with Gasteiger partial charge in [-0.15, -0.1) is 0 Å². The summed E-state index contributed by atoms with van der Waals surface area (Å²) in [5.74, 6) is 1.22. The van der Waals surface area contributed by atoms with Crippen LogP contribution in [0.2, 0.25) is 0 Å². The van der Waals surface area contributed by atoms with Crippen LogP contribution in [0.1, 0.15) is 38.8 Å². The van der Waals surface area contributed by atoms with E-state index >= 15 is 0 Å². The molecule has 2 amide bonds. The molecule has 0 bridgehead atoms.